The van der Waals surface area contributed by atoms with E-state index in [1.165, 1.54) is 0 Å². The molecule has 0 aliphatic carbocycles. The lowest BCUT2D eigenvalue weighted by Gasteiger charge is -2.17. The molecule has 6 heteroatoms. The highest BCUT2D eigenvalue weighted by Gasteiger charge is 2.08. The molecule has 0 saturated carbocycles. The molecule has 1 amide bonds. The number of methoxy groups -OCH3 is 2. The Balaban J connectivity index is 1.74. The van der Waals surface area contributed by atoms with Crippen LogP contribution >= 0.6 is 0 Å². The van der Waals surface area contributed by atoms with Crippen molar-refractivity contribution in [3.8, 4) is 17.2 Å². The molecule has 0 heterocycles. The smallest absolute Gasteiger partial charge is 0.234 e. The lowest BCUT2D eigenvalue weighted by molar-refractivity contribution is -0.122. The Kier molecular flexibility index (Phi) is 8.62. The van der Waals surface area contributed by atoms with Crippen molar-refractivity contribution >= 4 is 5.91 Å². The van der Waals surface area contributed by atoms with Gasteiger partial charge in [0, 0.05) is 13.1 Å². The maximum absolute atomic E-state index is 12.2. The van der Waals surface area contributed by atoms with Gasteiger partial charge < -0.3 is 19.5 Å². The largest absolute Gasteiger partial charge is 0.494 e. The predicted octanol–water partition coefficient (Wildman–Crippen LogP) is 2.89. The molecule has 0 aromatic heterocycles. The maximum Gasteiger partial charge on any atom is 0.234 e. The summed E-state index contributed by atoms with van der Waals surface area (Å²) < 4.78 is 16.0. The van der Waals surface area contributed by atoms with E-state index in [1.54, 1.807) is 14.2 Å². The normalized spacial score (nSPS) is 10.6. The Morgan fingerprint density at radius 3 is 2.32 bits per heavy atom. The van der Waals surface area contributed by atoms with Crippen molar-refractivity contribution in [2.24, 2.45) is 0 Å². The van der Waals surface area contributed by atoms with Gasteiger partial charge >= 0.3 is 0 Å². The van der Waals surface area contributed by atoms with Crippen LogP contribution in [0.25, 0.3) is 0 Å². The van der Waals surface area contributed by atoms with Gasteiger partial charge in [-0.05, 0) is 55.8 Å². The fraction of sp³-hybridized carbons (Fsp3) is 0.409. The van der Waals surface area contributed by atoms with Gasteiger partial charge in [-0.1, -0.05) is 18.2 Å². The zero-order valence-electron chi connectivity index (χ0n) is 17.2. The van der Waals surface area contributed by atoms with Crippen molar-refractivity contribution in [3.63, 3.8) is 0 Å². The van der Waals surface area contributed by atoms with Gasteiger partial charge in [0.15, 0.2) is 11.5 Å². The Hall–Kier alpha value is -2.73. The van der Waals surface area contributed by atoms with Crippen LogP contribution in [-0.4, -0.2) is 51.8 Å². The summed E-state index contributed by atoms with van der Waals surface area (Å²) in [5.41, 5.74) is 2.23. The Bertz CT molecular complexity index is 747. The van der Waals surface area contributed by atoms with Crippen LogP contribution < -0.4 is 19.5 Å². The number of benzene rings is 2. The number of hydrogen-bond acceptors (Lipinski definition) is 5. The standard InChI is InChI=1S/C22H30N2O4/c1-5-28-19-9-6-18(7-10-19)15-24(2)16-22(25)23-13-12-17-8-11-20(26-3)21(14-17)27-4/h6-11,14H,5,12-13,15-16H2,1-4H3,(H,23,25). The number of likely N-dealkylation sites (N-methyl/N-ethyl adjacent to an activating group) is 1. The molecule has 28 heavy (non-hydrogen) atoms. The minimum atomic E-state index is 0.00825. The van der Waals surface area contributed by atoms with E-state index >= 15 is 0 Å². The molecule has 0 spiro atoms. The average Bonchev–Trinajstić information content (AvgIpc) is 2.69. The summed E-state index contributed by atoms with van der Waals surface area (Å²) in [5, 5.41) is 2.97. The fourth-order valence-corrected chi connectivity index (χ4v) is 2.91. The molecule has 0 radical (unpaired) electrons. The molecular weight excluding hydrogens is 356 g/mol. The van der Waals surface area contributed by atoms with Crippen LogP contribution in [0.2, 0.25) is 0 Å². The van der Waals surface area contributed by atoms with Gasteiger partial charge in [-0.15, -0.1) is 0 Å². The second kappa shape index (κ2) is 11.2. The lowest BCUT2D eigenvalue weighted by atomic mass is 10.1. The van der Waals surface area contributed by atoms with Crippen molar-refractivity contribution < 1.29 is 19.0 Å². The summed E-state index contributed by atoms with van der Waals surface area (Å²) in [7, 11) is 5.16. The van der Waals surface area contributed by atoms with Gasteiger partial charge in [0.2, 0.25) is 5.91 Å². The fourth-order valence-electron chi connectivity index (χ4n) is 2.91. The second-order valence-corrected chi connectivity index (χ2v) is 6.54. The first-order chi connectivity index (χ1) is 13.5. The number of amides is 1. The quantitative estimate of drug-likeness (QED) is 0.643. The lowest BCUT2D eigenvalue weighted by Crippen LogP contribution is -2.35. The number of nitrogens with one attached hydrogen (secondary N) is 1. The van der Waals surface area contributed by atoms with E-state index in [0.29, 0.717) is 37.7 Å². The highest BCUT2D eigenvalue weighted by molar-refractivity contribution is 5.77. The monoisotopic (exact) mass is 386 g/mol. The first kappa shape index (κ1) is 21.6. The van der Waals surface area contributed by atoms with Crippen LogP contribution in [0.3, 0.4) is 0 Å². The van der Waals surface area contributed by atoms with Crippen LogP contribution in [0.15, 0.2) is 42.5 Å². The molecule has 0 unspecified atom stereocenters. The molecule has 0 saturated heterocycles. The Labute approximate surface area is 167 Å². The third-order valence-electron chi connectivity index (χ3n) is 4.28. The molecular formula is C22H30N2O4. The van der Waals surface area contributed by atoms with Gasteiger partial charge in [0.1, 0.15) is 5.75 Å². The van der Waals surface area contributed by atoms with E-state index in [4.69, 9.17) is 14.2 Å². The molecule has 2 aromatic carbocycles. The van der Waals surface area contributed by atoms with Crippen LogP contribution in [0.5, 0.6) is 17.2 Å². The predicted molar refractivity (Wildman–Crippen MR) is 110 cm³/mol. The van der Waals surface area contributed by atoms with Crippen molar-refractivity contribution in [2.45, 2.75) is 19.9 Å². The number of hydrogen-bond donors (Lipinski definition) is 1. The highest BCUT2D eigenvalue weighted by atomic mass is 16.5. The summed E-state index contributed by atoms with van der Waals surface area (Å²) in [6.45, 7) is 4.24. The summed E-state index contributed by atoms with van der Waals surface area (Å²) in [4.78, 5) is 14.2. The van der Waals surface area contributed by atoms with E-state index in [2.05, 4.69) is 5.32 Å². The maximum atomic E-state index is 12.2. The van der Waals surface area contributed by atoms with Crippen LogP contribution in [0.4, 0.5) is 0 Å². The van der Waals surface area contributed by atoms with Gasteiger partial charge in [-0.2, -0.15) is 0 Å². The highest BCUT2D eigenvalue weighted by Crippen LogP contribution is 2.27. The number of carbonyl (C=O) groups is 1. The topological polar surface area (TPSA) is 60.0 Å². The number of ether oxygens (including phenoxy) is 3. The molecule has 0 fully saturated rings. The van der Waals surface area contributed by atoms with Crippen LogP contribution in [0.1, 0.15) is 18.1 Å². The molecule has 6 nitrogen and oxygen atoms in total. The average molecular weight is 386 g/mol. The molecule has 0 aliphatic heterocycles. The summed E-state index contributed by atoms with van der Waals surface area (Å²) in [6, 6.07) is 13.7. The van der Waals surface area contributed by atoms with E-state index < -0.39 is 0 Å². The number of carbonyl (C=O) groups excluding carboxylic acids is 1. The van der Waals surface area contributed by atoms with E-state index in [-0.39, 0.29) is 5.91 Å². The van der Waals surface area contributed by atoms with Crippen molar-refractivity contribution in [1.29, 1.82) is 0 Å². The van der Waals surface area contributed by atoms with E-state index in [1.807, 2.05) is 61.3 Å². The number of nitrogens with zero attached hydrogens (tertiary/aromatic N) is 1. The zero-order valence-corrected chi connectivity index (χ0v) is 17.2. The van der Waals surface area contributed by atoms with E-state index in [9.17, 15) is 4.79 Å². The minimum Gasteiger partial charge on any atom is -0.494 e. The van der Waals surface area contributed by atoms with Crippen molar-refractivity contribution in [1.82, 2.24) is 10.2 Å². The van der Waals surface area contributed by atoms with Gasteiger partial charge in [-0.25, -0.2) is 0 Å². The van der Waals surface area contributed by atoms with Crippen molar-refractivity contribution in [3.05, 3.63) is 53.6 Å². The van der Waals surface area contributed by atoms with Gasteiger partial charge in [0.05, 0.1) is 27.4 Å². The molecule has 0 bridgehead atoms. The first-order valence-corrected chi connectivity index (χ1v) is 9.43. The molecule has 2 aromatic rings. The first-order valence-electron chi connectivity index (χ1n) is 9.43. The second-order valence-electron chi connectivity index (χ2n) is 6.54. The van der Waals surface area contributed by atoms with Crippen LogP contribution in [0, 0.1) is 0 Å². The van der Waals surface area contributed by atoms with E-state index in [0.717, 1.165) is 23.3 Å². The summed E-state index contributed by atoms with van der Waals surface area (Å²) in [5.74, 6) is 2.27. The van der Waals surface area contributed by atoms with Gasteiger partial charge in [-0.3, -0.25) is 9.69 Å². The van der Waals surface area contributed by atoms with Crippen LogP contribution in [-0.2, 0) is 17.8 Å². The molecule has 152 valence electrons. The third kappa shape index (κ3) is 6.78. The SMILES string of the molecule is CCOc1ccc(CN(C)CC(=O)NCCc2ccc(OC)c(OC)c2)cc1. The molecule has 0 aliphatic rings. The minimum absolute atomic E-state index is 0.00825. The number of rotatable bonds is 11. The van der Waals surface area contributed by atoms with Gasteiger partial charge in [0.25, 0.3) is 0 Å². The third-order valence-corrected chi connectivity index (χ3v) is 4.28. The Morgan fingerprint density at radius 1 is 1.00 bits per heavy atom. The summed E-state index contributed by atoms with van der Waals surface area (Å²) in [6.07, 6.45) is 0.731. The Morgan fingerprint density at radius 2 is 1.68 bits per heavy atom. The molecule has 0 atom stereocenters. The molecule has 2 rings (SSSR count). The van der Waals surface area contributed by atoms with Crippen molar-refractivity contribution in [2.75, 3.05) is 41.0 Å². The zero-order chi connectivity index (χ0) is 20.4. The molecule has 1 N–H and O–H groups in total. The summed E-state index contributed by atoms with van der Waals surface area (Å²) >= 11 is 0.